The maximum atomic E-state index is 12.5. The van der Waals surface area contributed by atoms with Gasteiger partial charge in [0.2, 0.25) is 5.91 Å². The third-order valence-corrected chi connectivity index (χ3v) is 4.84. The molecule has 2 fully saturated rings. The number of pyridine rings is 1. The van der Waals surface area contributed by atoms with Crippen LogP contribution in [0.5, 0.6) is 0 Å². The van der Waals surface area contributed by atoms with E-state index in [1.165, 1.54) is 0 Å². The second-order valence-corrected chi connectivity index (χ2v) is 6.42. The molecule has 0 spiro atoms. The number of carbonyl (C=O) groups excluding carboxylic acids is 2. The van der Waals surface area contributed by atoms with Gasteiger partial charge in [-0.15, -0.1) is 0 Å². The molecule has 0 saturated carbocycles. The number of hydrogen-bond donors (Lipinski definition) is 0. The number of anilines is 1. The quantitative estimate of drug-likeness (QED) is 0.791. The SMILES string of the molecule is CCOC(=O)c1ccc(N2CCC(C(=O)N3CCCC3)CC2)nc1. The van der Waals surface area contributed by atoms with Gasteiger partial charge >= 0.3 is 5.97 Å². The summed E-state index contributed by atoms with van der Waals surface area (Å²) < 4.78 is 4.97. The first-order valence-corrected chi connectivity index (χ1v) is 8.86. The Labute approximate surface area is 142 Å². The van der Waals surface area contributed by atoms with Crippen molar-refractivity contribution in [3.05, 3.63) is 23.9 Å². The zero-order valence-electron chi connectivity index (χ0n) is 14.2. The van der Waals surface area contributed by atoms with Crippen molar-refractivity contribution in [1.29, 1.82) is 0 Å². The average Bonchev–Trinajstić information content (AvgIpc) is 3.16. The van der Waals surface area contributed by atoms with Crippen LogP contribution in [0.2, 0.25) is 0 Å². The van der Waals surface area contributed by atoms with E-state index in [0.717, 1.165) is 57.7 Å². The number of aromatic nitrogens is 1. The zero-order valence-corrected chi connectivity index (χ0v) is 14.2. The molecule has 0 atom stereocenters. The average molecular weight is 331 g/mol. The molecule has 3 rings (SSSR count). The molecule has 0 aromatic carbocycles. The minimum Gasteiger partial charge on any atom is -0.462 e. The van der Waals surface area contributed by atoms with E-state index in [4.69, 9.17) is 4.74 Å². The molecule has 0 bridgehead atoms. The van der Waals surface area contributed by atoms with Gasteiger partial charge in [-0.25, -0.2) is 9.78 Å². The maximum absolute atomic E-state index is 12.5. The summed E-state index contributed by atoms with van der Waals surface area (Å²) in [4.78, 5) is 32.7. The van der Waals surface area contributed by atoms with Gasteiger partial charge < -0.3 is 14.5 Å². The molecule has 6 nitrogen and oxygen atoms in total. The molecule has 3 heterocycles. The van der Waals surface area contributed by atoms with Gasteiger partial charge in [-0.1, -0.05) is 0 Å². The normalized spacial score (nSPS) is 18.7. The fourth-order valence-electron chi connectivity index (χ4n) is 3.46. The summed E-state index contributed by atoms with van der Waals surface area (Å²) in [5.41, 5.74) is 0.472. The van der Waals surface area contributed by atoms with Gasteiger partial charge in [-0.2, -0.15) is 0 Å². The Bertz CT molecular complexity index is 574. The van der Waals surface area contributed by atoms with E-state index in [0.29, 0.717) is 18.1 Å². The van der Waals surface area contributed by atoms with Gasteiger partial charge in [0.1, 0.15) is 5.82 Å². The number of amides is 1. The molecule has 0 N–H and O–H groups in total. The van der Waals surface area contributed by atoms with Crippen molar-refractivity contribution in [3.63, 3.8) is 0 Å². The van der Waals surface area contributed by atoms with Crippen LogP contribution in [-0.4, -0.2) is 54.5 Å². The van der Waals surface area contributed by atoms with Crippen LogP contribution in [0.25, 0.3) is 0 Å². The molecule has 2 aliphatic heterocycles. The smallest absolute Gasteiger partial charge is 0.339 e. The Hall–Kier alpha value is -2.11. The summed E-state index contributed by atoms with van der Waals surface area (Å²) in [5, 5.41) is 0. The number of likely N-dealkylation sites (tertiary alicyclic amines) is 1. The second kappa shape index (κ2) is 7.64. The third-order valence-electron chi connectivity index (χ3n) is 4.84. The van der Waals surface area contributed by atoms with Crippen LogP contribution in [0.15, 0.2) is 18.3 Å². The molecule has 130 valence electrons. The number of rotatable bonds is 4. The number of nitrogens with zero attached hydrogens (tertiary/aromatic N) is 3. The van der Waals surface area contributed by atoms with Crippen molar-refractivity contribution in [2.45, 2.75) is 32.6 Å². The fraction of sp³-hybridized carbons (Fsp3) is 0.611. The Balaban J connectivity index is 1.54. The van der Waals surface area contributed by atoms with E-state index in [-0.39, 0.29) is 11.9 Å². The Morgan fingerprint density at radius 3 is 2.46 bits per heavy atom. The highest BCUT2D eigenvalue weighted by Gasteiger charge is 2.30. The molecule has 2 aliphatic rings. The molecule has 2 saturated heterocycles. The largest absolute Gasteiger partial charge is 0.462 e. The highest BCUT2D eigenvalue weighted by atomic mass is 16.5. The Morgan fingerprint density at radius 2 is 1.88 bits per heavy atom. The van der Waals surface area contributed by atoms with Crippen molar-refractivity contribution in [3.8, 4) is 0 Å². The molecule has 0 unspecified atom stereocenters. The standard InChI is InChI=1S/C18H25N3O3/c1-2-24-18(23)15-5-6-16(19-13-15)20-11-7-14(8-12-20)17(22)21-9-3-4-10-21/h5-6,13-14H,2-4,7-12H2,1H3. The summed E-state index contributed by atoms with van der Waals surface area (Å²) >= 11 is 0. The van der Waals surface area contributed by atoms with Gasteiger partial charge in [-0.05, 0) is 44.7 Å². The first kappa shape index (κ1) is 16.7. The molecule has 1 aromatic rings. The van der Waals surface area contributed by atoms with E-state index in [1.54, 1.807) is 19.2 Å². The lowest BCUT2D eigenvalue weighted by Gasteiger charge is -2.33. The summed E-state index contributed by atoms with van der Waals surface area (Å²) in [7, 11) is 0. The topological polar surface area (TPSA) is 62.7 Å². The number of esters is 1. The number of carbonyl (C=O) groups is 2. The van der Waals surface area contributed by atoms with Gasteiger partial charge in [0.25, 0.3) is 0 Å². The van der Waals surface area contributed by atoms with Crippen LogP contribution in [0.4, 0.5) is 5.82 Å². The summed E-state index contributed by atoms with van der Waals surface area (Å²) in [6.07, 6.45) is 5.59. The first-order valence-electron chi connectivity index (χ1n) is 8.86. The van der Waals surface area contributed by atoms with Crippen LogP contribution in [0.3, 0.4) is 0 Å². The molecular weight excluding hydrogens is 306 g/mol. The Kier molecular flexibility index (Phi) is 5.33. The van der Waals surface area contributed by atoms with Crippen molar-refractivity contribution < 1.29 is 14.3 Å². The van der Waals surface area contributed by atoms with E-state index in [2.05, 4.69) is 9.88 Å². The monoisotopic (exact) mass is 331 g/mol. The summed E-state index contributed by atoms with van der Waals surface area (Å²) in [5.74, 6) is 0.998. The van der Waals surface area contributed by atoms with E-state index in [1.807, 2.05) is 11.0 Å². The molecule has 24 heavy (non-hydrogen) atoms. The highest BCUT2D eigenvalue weighted by molar-refractivity contribution is 5.89. The predicted molar refractivity (Wildman–Crippen MR) is 90.9 cm³/mol. The summed E-state index contributed by atoms with van der Waals surface area (Å²) in [6, 6.07) is 3.61. The number of hydrogen-bond acceptors (Lipinski definition) is 5. The molecule has 0 radical (unpaired) electrons. The van der Waals surface area contributed by atoms with E-state index >= 15 is 0 Å². The van der Waals surface area contributed by atoms with Crippen LogP contribution in [-0.2, 0) is 9.53 Å². The number of piperidine rings is 1. The minimum absolute atomic E-state index is 0.151. The summed E-state index contributed by atoms with van der Waals surface area (Å²) in [6.45, 7) is 5.66. The molecule has 6 heteroatoms. The molecule has 1 aromatic heterocycles. The van der Waals surface area contributed by atoms with E-state index < -0.39 is 0 Å². The van der Waals surface area contributed by atoms with Gasteiger partial charge in [-0.3, -0.25) is 4.79 Å². The van der Waals surface area contributed by atoms with Gasteiger partial charge in [0.15, 0.2) is 0 Å². The maximum Gasteiger partial charge on any atom is 0.339 e. The lowest BCUT2D eigenvalue weighted by atomic mass is 9.95. The van der Waals surface area contributed by atoms with Crippen LogP contribution >= 0.6 is 0 Å². The number of ether oxygens (including phenoxy) is 1. The van der Waals surface area contributed by atoms with E-state index in [9.17, 15) is 9.59 Å². The van der Waals surface area contributed by atoms with Gasteiger partial charge in [0, 0.05) is 38.3 Å². The molecular formula is C18H25N3O3. The van der Waals surface area contributed by atoms with Crippen LogP contribution in [0.1, 0.15) is 43.0 Å². The van der Waals surface area contributed by atoms with Crippen molar-refractivity contribution in [2.75, 3.05) is 37.7 Å². The van der Waals surface area contributed by atoms with Crippen molar-refractivity contribution in [1.82, 2.24) is 9.88 Å². The fourth-order valence-corrected chi connectivity index (χ4v) is 3.46. The lowest BCUT2D eigenvalue weighted by molar-refractivity contribution is -0.135. The predicted octanol–water partition coefficient (Wildman–Crippen LogP) is 2.10. The highest BCUT2D eigenvalue weighted by Crippen LogP contribution is 2.25. The van der Waals surface area contributed by atoms with Crippen LogP contribution in [0, 0.1) is 5.92 Å². The Morgan fingerprint density at radius 1 is 1.17 bits per heavy atom. The second-order valence-electron chi connectivity index (χ2n) is 6.42. The van der Waals surface area contributed by atoms with Gasteiger partial charge in [0.05, 0.1) is 12.2 Å². The minimum atomic E-state index is -0.341. The lowest BCUT2D eigenvalue weighted by Crippen LogP contribution is -2.41. The molecule has 1 amide bonds. The third kappa shape index (κ3) is 3.68. The van der Waals surface area contributed by atoms with Crippen LogP contribution < -0.4 is 4.90 Å². The van der Waals surface area contributed by atoms with Crippen molar-refractivity contribution in [2.24, 2.45) is 5.92 Å². The zero-order chi connectivity index (χ0) is 16.9. The van der Waals surface area contributed by atoms with Crippen molar-refractivity contribution >= 4 is 17.7 Å². The first-order chi connectivity index (χ1) is 11.7. The molecule has 0 aliphatic carbocycles.